The molecule has 1 aliphatic rings. The van der Waals surface area contributed by atoms with Crippen LogP contribution in [0, 0.1) is 5.41 Å². The van der Waals surface area contributed by atoms with Crippen LogP contribution < -0.4 is 0 Å². The van der Waals surface area contributed by atoms with Gasteiger partial charge in [0.15, 0.2) is 0 Å². The third kappa shape index (κ3) is 3.07. The lowest BCUT2D eigenvalue weighted by molar-refractivity contribution is -0.153. The molecule has 2 atom stereocenters. The Morgan fingerprint density at radius 1 is 1.30 bits per heavy atom. The lowest BCUT2D eigenvalue weighted by Gasteiger charge is -2.25. The van der Waals surface area contributed by atoms with E-state index in [-0.39, 0.29) is 18.0 Å². The summed E-state index contributed by atoms with van der Waals surface area (Å²) in [5.41, 5.74) is 0.293. The summed E-state index contributed by atoms with van der Waals surface area (Å²) in [5, 5.41) is 0. The Kier molecular flexibility index (Phi) is 4.23. The van der Waals surface area contributed by atoms with E-state index in [0.29, 0.717) is 12.8 Å². The summed E-state index contributed by atoms with van der Waals surface area (Å²) < 4.78 is 10.1. The zero-order valence-corrected chi connectivity index (χ0v) is 11.7. The highest BCUT2D eigenvalue weighted by atomic mass is 16.5. The molecular weight excluding hydrogens is 256 g/mol. The van der Waals surface area contributed by atoms with Crippen molar-refractivity contribution < 1.29 is 19.1 Å². The summed E-state index contributed by atoms with van der Waals surface area (Å²) in [6.07, 6.45) is 4.17. The molecule has 1 aromatic rings. The zero-order valence-electron chi connectivity index (χ0n) is 11.7. The molecule has 0 aromatic heterocycles. The molecule has 4 nitrogen and oxygen atoms in total. The van der Waals surface area contributed by atoms with Crippen molar-refractivity contribution in [1.82, 2.24) is 0 Å². The first kappa shape index (κ1) is 14.3. The molecule has 0 unspecified atom stereocenters. The Balaban J connectivity index is 2.19. The highest BCUT2D eigenvalue weighted by molar-refractivity contribution is 5.80. The van der Waals surface area contributed by atoms with Gasteiger partial charge >= 0.3 is 11.9 Å². The first-order chi connectivity index (χ1) is 9.55. The molecule has 1 aliphatic carbocycles. The van der Waals surface area contributed by atoms with Crippen LogP contribution in [0.5, 0.6) is 0 Å². The normalized spacial score (nSPS) is 24.4. The standard InChI is InChI=1S/C16H18O4/c1-12(17)20-14-8-9-16(11-14,15(18)19-2)10-13-6-4-3-5-7-13/h3-9,14H,10-11H2,1-2H3/t14-,16+/m0/s1. The average Bonchev–Trinajstić information content (AvgIpc) is 2.82. The van der Waals surface area contributed by atoms with Crippen molar-refractivity contribution in [3.8, 4) is 0 Å². The molecule has 0 bridgehead atoms. The van der Waals surface area contributed by atoms with Gasteiger partial charge in [-0.2, -0.15) is 0 Å². The molecule has 20 heavy (non-hydrogen) atoms. The predicted octanol–water partition coefficient (Wildman–Crippen LogP) is 2.28. The van der Waals surface area contributed by atoms with Gasteiger partial charge in [-0.25, -0.2) is 0 Å². The molecule has 2 rings (SSSR count). The summed E-state index contributed by atoms with van der Waals surface area (Å²) in [5.74, 6) is -0.646. The molecule has 0 amide bonds. The van der Waals surface area contributed by atoms with Gasteiger partial charge in [0.05, 0.1) is 12.5 Å². The van der Waals surface area contributed by atoms with Crippen molar-refractivity contribution in [2.45, 2.75) is 25.9 Å². The lowest BCUT2D eigenvalue weighted by Crippen LogP contribution is -2.33. The van der Waals surface area contributed by atoms with Gasteiger partial charge in [0.2, 0.25) is 0 Å². The van der Waals surface area contributed by atoms with Crippen LogP contribution in [-0.4, -0.2) is 25.2 Å². The Bertz CT molecular complexity index is 521. The van der Waals surface area contributed by atoms with Crippen LogP contribution in [0.15, 0.2) is 42.5 Å². The number of benzene rings is 1. The van der Waals surface area contributed by atoms with Crippen molar-refractivity contribution in [1.29, 1.82) is 0 Å². The monoisotopic (exact) mass is 274 g/mol. The fourth-order valence-corrected chi connectivity index (χ4v) is 2.60. The maximum Gasteiger partial charge on any atom is 0.316 e. The van der Waals surface area contributed by atoms with Gasteiger partial charge in [-0.1, -0.05) is 36.4 Å². The first-order valence-corrected chi connectivity index (χ1v) is 6.55. The van der Waals surface area contributed by atoms with Gasteiger partial charge < -0.3 is 9.47 Å². The highest BCUT2D eigenvalue weighted by Gasteiger charge is 2.43. The van der Waals surface area contributed by atoms with Gasteiger partial charge in [-0.3, -0.25) is 9.59 Å². The zero-order chi connectivity index (χ0) is 14.6. The first-order valence-electron chi connectivity index (χ1n) is 6.55. The Morgan fingerprint density at radius 3 is 2.60 bits per heavy atom. The van der Waals surface area contributed by atoms with E-state index in [1.54, 1.807) is 12.2 Å². The smallest absolute Gasteiger partial charge is 0.316 e. The average molecular weight is 274 g/mol. The summed E-state index contributed by atoms with van der Waals surface area (Å²) in [4.78, 5) is 23.2. The fraction of sp³-hybridized carbons (Fsp3) is 0.375. The van der Waals surface area contributed by atoms with E-state index in [0.717, 1.165) is 5.56 Å². The third-order valence-electron chi connectivity index (χ3n) is 3.47. The van der Waals surface area contributed by atoms with E-state index in [1.165, 1.54) is 14.0 Å². The molecule has 0 spiro atoms. The third-order valence-corrected chi connectivity index (χ3v) is 3.47. The van der Waals surface area contributed by atoms with E-state index in [9.17, 15) is 9.59 Å². The quantitative estimate of drug-likeness (QED) is 0.624. The SMILES string of the molecule is COC(=O)[C@@]1(Cc2ccccc2)C=C[C@H](OC(C)=O)C1. The summed E-state index contributed by atoms with van der Waals surface area (Å²) in [6, 6.07) is 9.74. The molecular formula is C16H18O4. The number of ether oxygens (including phenoxy) is 2. The molecule has 106 valence electrons. The second-order valence-corrected chi connectivity index (χ2v) is 5.02. The maximum absolute atomic E-state index is 12.2. The number of hydrogen-bond acceptors (Lipinski definition) is 4. The molecule has 0 saturated heterocycles. The second-order valence-electron chi connectivity index (χ2n) is 5.02. The van der Waals surface area contributed by atoms with Crippen LogP contribution in [-0.2, 0) is 25.5 Å². The summed E-state index contributed by atoms with van der Waals surface area (Å²) in [6.45, 7) is 1.36. The van der Waals surface area contributed by atoms with Gasteiger partial charge in [0, 0.05) is 13.3 Å². The number of methoxy groups -OCH3 is 1. The van der Waals surface area contributed by atoms with Crippen molar-refractivity contribution in [2.75, 3.05) is 7.11 Å². The van der Waals surface area contributed by atoms with E-state index >= 15 is 0 Å². The summed E-state index contributed by atoms with van der Waals surface area (Å²) >= 11 is 0. The topological polar surface area (TPSA) is 52.6 Å². The van der Waals surface area contributed by atoms with E-state index < -0.39 is 5.41 Å². The van der Waals surface area contributed by atoms with Crippen LogP contribution in [0.2, 0.25) is 0 Å². The Labute approximate surface area is 118 Å². The van der Waals surface area contributed by atoms with Gasteiger partial charge in [0.25, 0.3) is 0 Å². The van der Waals surface area contributed by atoms with Crippen LogP contribution in [0.25, 0.3) is 0 Å². The molecule has 0 radical (unpaired) electrons. The Morgan fingerprint density at radius 2 is 2.00 bits per heavy atom. The molecule has 0 N–H and O–H groups in total. The molecule has 0 heterocycles. The minimum atomic E-state index is -0.754. The number of hydrogen-bond donors (Lipinski definition) is 0. The van der Waals surface area contributed by atoms with Crippen molar-refractivity contribution in [3.63, 3.8) is 0 Å². The van der Waals surface area contributed by atoms with Gasteiger partial charge in [-0.15, -0.1) is 0 Å². The highest BCUT2D eigenvalue weighted by Crippen LogP contribution is 2.38. The van der Waals surface area contributed by atoms with Crippen molar-refractivity contribution >= 4 is 11.9 Å². The fourth-order valence-electron chi connectivity index (χ4n) is 2.60. The van der Waals surface area contributed by atoms with Gasteiger partial charge in [-0.05, 0) is 18.1 Å². The van der Waals surface area contributed by atoms with Crippen LogP contribution in [0.1, 0.15) is 18.9 Å². The van der Waals surface area contributed by atoms with Gasteiger partial charge in [0.1, 0.15) is 6.10 Å². The molecule has 1 aromatic carbocycles. The number of carbonyl (C=O) groups is 2. The number of esters is 2. The van der Waals surface area contributed by atoms with E-state index in [1.807, 2.05) is 30.3 Å². The van der Waals surface area contributed by atoms with Crippen LogP contribution >= 0.6 is 0 Å². The lowest BCUT2D eigenvalue weighted by atomic mass is 9.81. The Hall–Kier alpha value is -2.10. The van der Waals surface area contributed by atoms with E-state index in [4.69, 9.17) is 9.47 Å². The molecule has 0 saturated carbocycles. The second kappa shape index (κ2) is 5.90. The van der Waals surface area contributed by atoms with Crippen LogP contribution in [0.3, 0.4) is 0 Å². The number of carbonyl (C=O) groups excluding carboxylic acids is 2. The van der Waals surface area contributed by atoms with Crippen LogP contribution in [0.4, 0.5) is 0 Å². The molecule has 0 aliphatic heterocycles. The van der Waals surface area contributed by atoms with Crippen molar-refractivity contribution in [2.24, 2.45) is 5.41 Å². The molecule has 4 heteroatoms. The minimum absolute atomic E-state index is 0.299. The minimum Gasteiger partial charge on any atom is -0.468 e. The van der Waals surface area contributed by atoms with Crippen molar-refractivity contribution in [3.05, 3.63) is 48.0 Å². The number of rotatable bonds is 4. The predicted molar refractivity (Wildman–Crippen MR) is 73.9 cm³/mol. The maximum atomic E-state index is 12.2. The van der Waals surface area contributed by atoms with E-state index in [2.05, 4.69) is 0 Å². The largest absolute Gasteiger partial charge is 0.468 e. The molecule has 0 fully saturated rings. The summed E-state index contributed by atoms with van der Waals surface area (Å²) in [7, 11) is 1.38.